The summed E-state index contributed by atoms with van der Waals surface area (Å²) in [4.78, 5) is 31.2. The number of benzene rings is 3. The molecule has 1 heterocycles. The van der Waals surface area contributed by atoms with Crippen molar-refractivity contribution in [2.75, 3.05) is 20.8 Å². The molecule has 0 spiro atoms. The van der Waals surface area contributed by atoms with E-state index in [1.807, 2.05) is 25.1 Å². The van der Waals surface area contributed by atoms with Gasteiger partial charge in [0.15, 0.2) is 16.7 Å². The highest BCUT2D eigenvalue weighted by atomic mass is 79.9. The molecule has 1 fully saturated rings. The summed E-state index contributed by atoms with van der Waals surface area (Å²) >= 11 is 17.1. The van der Waals surface area contributed by atoms with Crippen LogP contribution in [0.1, 0.15) is 28.4 Å². The van der Waals surface area contributed by atoms with Crippen LogP contribution in [-0.2, 0) is 16.1 Å². The van der Waals surface area contributed by atoms with Gasteiger partial charge in [0, 0.05) is 22.7 Å². The van der Waals surface area contributed by atoms with Crippen molar-refractivity contribution in [3.8, 4) is 11.5 Å². The van der Waals surface area contributed by atoms with E-state index in [-0.39, 0.29) is 12.5 Å². The molecule has 0 bridgehead atoms. The van der Waals surface area contributed by atoms with Crippen LogP contribution in [0, 0.1) is 0 Å². The number of likely N-dealkylation sites (N-methyl/N-ethyl adjacent to an activating group) is 1. The lowest BCUT2D eigenvalue weighted by molar-refractivity contribution is -0.121. The van der Waals surface area contributed by atoms with Crippen LogP contribution in [0.4, 0.5) is 5.69 Å². The molecule has 1 amide bonds. The Hall–Kier alpha value is -2.98. The van der Waals surface area contributed by atoms with E-state index >= 15 is 0 Å². The maximum Gasteiger partial charge on any atom is 0.337 e. The average Bonchev–Trinajstić information content (AvgIpc) is 3.16. The minimum atomic E-state index is -0.426. The highest BCUT2D eigenvalue weighted by molar-refractivity contribution is 9.10. The van der Waals surface area contributed by atoms with Gasteiger partial charge in [-0.15, -0.1) is 0 Å². The van der Waals surface area contributed by atoms with E-state index in [2.05, 4.69) is 20.9 Å². The van der Waals surface area contributed by atoms with Crippen LogP contribution < -0.4 is 9.47 Å². The normalized spacial score (nSPS) is 15.2. The Labute approximate surface area is 248 Å². The van der Waals surface area contributed by atoms with Crippen molar-refractivity contribution >= 4 is 79.7 Å². The van der Waals surface area contributed by atoms with Crippen LogP contribution in [-0.4, -0.2) is 42.7 Å². The number of ether oxygens (including phenoxy) is 3. The molecule has 0 radical (unpaired) electrons. The minimum Gasteiger partial charge on any atom is -0.490 e. The largest absolute Gasteiger partial charge is 0.490 e. The summed E-state index contributed by atoms with van der Waals surface area (Å²) in [6.45, 7) is 2.52. The number of halogens is 3. The number of rotatable bonds is 8. The van der Waals surface area contributed by atoms with Crippen LogP contribution in [0.25, 0.3) is 6.08 Å². The third-order valence-electron chi connectivity index (χ3n) is 5.53. The van der Waals surface area contributed by atoms with Crippen molar-refractivity contribution < 1.29 is 23.8 Å². The van der Waals surface area contributed by atoms with Gasteiger partial charge in [-0.25, -0.2) is 9.79 Å². The molecule has 39 heavy (non-hydrogen) atoms. The van der Waals surface area contributed by atoms with Gasteiger partial charge in [0.05, 0.1) is 34.3 Å². The molecule has 0 unspecified atom stereocenters. The molecule has 202 valence electrons. The Bertz CT molecular complexity index is 1480. The smallest absolute Gasteiger partial charge is 0.337 e. The molecule has 0 N–H and O–H groups in total. The fourth-order valence-electron chi connectivity index (χ4n) is 3.57. The van der Waals surface area contributed by atoms with Crippen LogP contribution >= 0.6 is 50.9 Å². The van der Waals surface area contributed by atoms with Gasteiger partial charge in [-0.3, -0.25) is 9.69 Å². The predicted octanol–water partition coefficient (Wildman–Crippen LogP) is 7.75. The maximum atomic E-state index is 13.0. The van der Waals surface area contributed by atoms with Crippen molar-refractivity contribution in [1.29, 1.82) is 0 Å². The lowest BCUT2D eigenvalue weighted by Gasteiger charge is -2.15. The molecule has 11 heteroatoms. The van der Waals surface area contributed by atoms with Crippen LogP contribution in [0.3, 0.4) is 0 Å². The first-order chi connectivity index (χ1) is 18.7. The number of hydrogen-bond acceptors (Lipinski definition) is 7. The van der Waals surface area contributed by atoms with Gasteiger partial charge < -0.3 is 14.2 Å². The number of aliphatic imine (C=N–C) groups is 1. The topological polar surface area (TPSA) is 77.4 Å². The number of nitrogens with zero attached hydrogens (tertiary/aromatic N) is 2. The number of hydrogen-bond donors (Lipinski definition) is 0. The lowest BCUT2D eigenvalue weighted by atomic mass is 10.1. The highest BCUT2D eigenvalue weighted by Crippen LogP contribution is 2.40. The van der Waals surface area contributed by atoms with Crippen molar-refractivity contribution in [3.63, 3.8) is 0 Å². The Morgan fingerprint density at radius 1 is 1.10 bits per heavy atom. The SMILES string of the molecule is CCOc1cc(C=C2SC(=Nc3ccc(C(=O)OC)cc3)N(C)C2=O)cc(Br)c1OCc1ccc(Cl)cc1Cl. The average molecular weight is 650 g/mol. The summed E-state index contributed by atoms with van der Waals surface area (Å²) in [5.74, 6) is 0.429. The first-order valence-electron chi connectivity index (χ1n) is 11.7. The zero-order valence-corrected chi connectivity index (χ0v) is 25.1. The molecule has 3 aromatic rings. The zero-order chi connectivity index (χ0) is 28.1. The number of methoxy groups -OCH3 is 1. The van der Waals surface area contributed by atoms with Crippen LogP contribution in [0.5, 0.6) is 11.5 Å². The number of carbonyl (C=O) groups excluding carboxylic acids is 2. The molecular weight excluding hydrogens is 627 g/mol. The lowest BCUT2D eigenvalue weighted by Crippen LogP contribution is -2.23. The molecule has 1 aliphatic rings. The molecule has 0 atom stereocenters. The Morgan fingerprint density at radius 3 is 2.51 bits per heavy atom. The molecule has 1 aliphatic heterocycles. The summed E-state index contributed by atoms with van der Waals surface area (Å²) in [5, 5.41) is 1.57. The van der Waals surface area contributed by atoms with E-state index in [1.54, 1.807) is 49.5 Å². The van der Waals surface area contributed by atoms with Crippen LogP contribution in [0.15, 0.2) is 69.0 Å². The van der Waals surface area contributed by atoms with E-state index in [0.717, 1.165) is 11.1 Å². The van der Waals surface area contributed by atoms with Crippen molar-refractivity contribution in [2.45, 2.75) is 13.5 Å². The molecule has 0 aromatic heterocycles. The van der Waals surface area contributed by atoms with Crippen molar-refractivity contribution in [2.24, 2.45) is 4.99 Å². The Morgan fingerprint density at radius 2 is 1.85 bits per heavy atom. The quantitative estimate of drug-likeness (QED) is 0.183. The Kier molecular flexibility index (Phi) is 9.61. The first-order valence-corrected chi connectivity index (χ1v) is 14.0. The molecule has 3 aromatic carbocycles. The van der Waals surface area contributed by atoms with Crippen molar-refractivity contribution in [3.05, 3.63) is 90.7 Å². The van der Waals surface area contributed by atoms with E-state index in [1.165, 1.54) is 23.8 Å². The predicted molar refractivity (Wildman–Crippen MR) is 159 cm³/mol. The van der Waals surface area contributed by atoms with Gasteiger partial charge in [-0.05, 0) is 94.8 Å². The number of amidine groups is 1. The van der Waals surface area contributed by atoms with Gasteiger partial charge in [-0.1, -0.05) is 29.3 Å². The Balaban J connectivity index is 1.56. The number of amides is 1. The second-order valence-corrected chi connectivity index (χ2v) is 10.9. The number of carbonyl (C=O) groups is 2. The number of esters is 1. The van der Waals surface area contributed by atoms with E-state index in [9.17, 15) is 9.59 Å². The molecule has 0 saturated carbocycles. The van der Waals surface area contributed by atoms with E-state index in [4.69, 9.17) is 37.4 Å². The van der Waals surface area contributed by atoms with Gasteiger partial charge in [0.25, 0.3) is 5.91 Å². The van der Waals surface area contributed by atoms with Gasteiger partial charge in [0.2, 0.25) is 0 Å². The molecular formula is C28H23BrCl2N2O5S. The monoisotopic (exact) mass is 648 g/mol. The minimum absolute atomic E-state index is 0.184. The third kappa shape index (κ3) is 6.97. The zero-order valence-electron chi connectivity index (χ0n) is 21.2. The maximum absolute atomic E-state index is 13.0. The summed E-state index contributed by atoms with van der Waals surface area (Å²) in [7, 11) is 2.99. The van der Waals surface area contributed by atoms with Crippen LogP contribution in [0.2, 0.25) is 10.0 Å². The summed E-state index contributed by atoms with van der Waals surface area (Å²) < 4.78 is 17.3. The van der Waals surface area contributed by atoms with E-state index in [0.29, 0.717) is 53.9 Å². The van der Waals surface area contributed by atoms with Gasteiger partial charge in [-0.2, -0.15) is 0 Å². The number of thioether (sulfide) groups is 1. The molecule has 7 nitrogen and oxygen atoms in total. The van der Waals surface area contributed by atoms with Crippen molar-refractivity contribution in [1.82, 2.24) is 4.90 Å². The molecule has 4 rings (SSSR count). The summed E-state index contributed by atoms with van der Waals surface area (Å²) in [5.41, 5.74) is 2.55. The highest BCUT2D eigenvalue weighted by Gasteiger charge is 2.30. The molecule has 0 aliphatic carbocycles. The van der Waals surface area contributed by atoms with Gasteiger partial charge >= 0.3 is 5.97 Å². The summed E-state index contributed by atoms with van der Waals surface area (Å²) in [6.07, 6.45) is 1.78. The summed E-state index contributed by atoms with van der Waals surface area (Å²) in [6, 6.07) is 15.5. The fourth-order valence-corrected chi connectivity index (χ4v) is 5.59. The molecule has 1 saturated heterocycles. The third-order valence-corrected chi connectivity index (χ3v) is 7.77. The van der Waals surface area contributed by atoms with E-state index < -0.39 is 5.97 Å². The second-order valence-electron chi connectivity index (χ2n) is 8.20. The van der Waals surface area contributed by atoms with Gasteiger partial charge in [0.1, 0.15) is 6.61 Å². The second kappa shape index (κ2) is 12.9. The fraction of sp³-hybridized carbons (Fsp3) is 0.179. The first kappa shape index (κ1) is 29.0. The standard InChI is InChI=1S/C28H23BrCl2N2O5S/c1-4-37-23-12-16(11-21(29)25(23)38-15-18-5-8-19(30)14-22(18)31)13-24-26(34)33(2)28(39-24)32-20-9-6-17(7-10-20)27(35)36-3/h5-14H,4,15H2,1-3H3.